The molecule has 0 spiro atoms. The van der Waals surface area contributed by atoms with Gasteiger partial charge in [0.2, 0.25) is 0 Å². The molecule has 0 aliphatic heterocycles. The fourth-order valence-electron chi connectivity index (χ4n) is 1.13. The molecule has 0 heterocycles. The predicted octanol–water partition coefficient (Wildman–Crippen LogP) is -0.213. The normalized spacial score (nSPS) is 14.4. The molecule has 0 rings (SSSR count). The number of aliphatic carboxylic acids is 1. The molecule has 0 aromatic carbocycles. The molecule has 0 amide bonds. The lowest BCUT2D eigenvalue weighted by molar-refractivity contribution is -0.137. The second-order valence-corrected chi connectivity index (χ2v) is 6.34. The van der Waals surface area contributed by atoms with Crippen LogP contribution in [-0.4, -0.2) is 38.6 Å². The molecular formula is C9H17NO3S. The highest BCUT2D eigenvalue weighted by Crippen LogP contribution is 2.07. The average Bonchev–Trinajstić information content (AvgIpc) is 2.04. The molecule has 82 valence electrons. The summed E-state index contributed by atoms with van der Waals surface area (Å²) in [6, 6.07) is -1.07. The van der Waals surface area contributed by atoms with Crippen LogP contribution in [0.4, 0.5) is 0 Å². The van der Waals surface area contributed by atoms with Crippen molar-refractivity contribution in [2.24, 2.45) is 5.73 Å². The maximum atomic E-state index is 12.0. The molecule has 0 radical (unpaired) electrons. The van der Waals surface area contributed by atoms with E-state index in [-0.39, 0.29) is 5.75 Å². The summed E-state index contributed by atoms with van der Waals surface area (Å²) in [5, 5.41) is 8.58. The second kappa shape index (κ2) is 5.72. The number of hydrogen-bond acceptors (Lipinski definition) is 3. The zero-order valence-corrected chi connectivity index (χ0v) is 8.95. The Morgan fingerprint density at radius 1 is 1.43 bits per heavy atom. The van der Waals surface area contributed by atoms with Crippen molar-refractivity contribution < 1.29 is 14.1 Å². The summed E-state index contributed by atoms with van der Waals surface area (Å²) in [5.41, 5.74) is 5.32. The van der Waals surface area contributed by atoms with Crippen LogP contribution in [0.5, 0.6) is 0 Å². The Balaban J connectivity index is 4.50. The van der Waals surface area contributed by atoms with Gasteiger partial charge in [0.05, 0.1) is 0 Å². The van der Waals surface area contributed by atoms with Crippen molar-refractivity contribution in [3.63, 3.8) is 0 Å². The number of nitrogens with two attached hydrogens (primary N) is 1. The van der Waals surface area contributed by atoms with E-state index in [4.69, 9.17) is 10.8 Å². The van der Waals surface area contributed by atoms with Crippen molar-refractivity contribution >= 4 is 15.9 Å². The van der Waals surface area contributed by atoms with Crippen molar-refractivity contribution in [1.29, 1.82) is 0 Å². The number of thiol groups is 1. The molecule has 0 fully saturated rings. The Bertz CT molecular complexity index is 261. The minimum atomic E-state index is -2.57. The first kappa shape index (κ1) is 13.1. The first-order valence-corrected chi connectivity index (χ1v) is 6.48. The highest BCUT2D eigenvalue weighted by atomic mass is 32.2. The van der Waals surface area contributed by atoms with E-state index in [1.807, 2.05) is 0 Å². The summed E-state index contributed by atoms with van der Waals surface area (Å²) in [6.45, 7) is 6.97. The first-order chi connectivity index (χ1) is 6.45. The van der Waals surface area contributed by atoms with E-state index in [0.29, 0.717) is 11.5 Å². The van der Waals surface area contributed by atoms with Gasteiger partial charge in [-0.15, -0.1) is 13.2 Å². The zero-order valence-electron chi connectivity index (χ0n) is 8.06. The van der Waals surface area contributed by atoms with Gasteiger partial charge in [0, 0.05) is 17.3 Å². The van der Waals surface area contributed by atoms with E-state index in [2.05, 4.69) is 13.2 Å². The van der Waals surface area contributed by atoms with Crippen LogP contribution >= 0.6 is 0 Å². The Kier molecular flexibility index (Phi) is 5.34. The summed E-state index contributed by atoms with van der Waals surface area (Å²) < 4.78 is 12.0. The molecule has 0 aliphatic rings. The van der Waals surface area contributed by atoms with E-state index in [1.54, 1.807) is 0 Å². The number of hydrogen-bond donors (Lipinski definition) is 3. The third kappa shape index (κ3) is 4.34. The molecule has 0 saturated carbocycles. The molecule has 3 N–H and O–H groups in total. The van der Waals surface area contributed by atoms with Gasteiger partial charge < -0.3 is 10.8 Å². The number of carboxylic acid groups (broad SMARTS) is 1. The molecule has 0 bridgehead atoms. The molecule has 0 aromatic rings. The van der Waals surface area contributed by atoms with Crippen LogP contribution in [0.15, 0.2) is 25.3 Å². The third-order valence-electron chi connectivity index (χ3n) is 1.77. The Morgan fingerprint density at radius 2 is 1.86 bits per heavy atom. The van der Waals surface area contributed by atoms with Crippen molar-refractivity contribution in [2.75, 3.05) is 17.3 Å². The molecule has 0 aliphatic carbocycles. The summed E-state index contributed by atoms with van der Waals surface area (Å²) >= 11 is 0. The van der Waals surface area contributed by atoms with Crippen molar-refractivity contribution in [3.05, 3.63) is 25.3 Å². The highest BCUT2D eigenvalue weighted by molar-refractivity contribution is 8.03. The fraction of sp³-hybridized carbons (Fsp3) is 0.444. The van der Waals surface area contributed by atoms with E-state index >= 15 is 0 Å². The quantitative estimate of drug-likeness (QED) is 0.409. The van der Waals surface area contributed by atoms with Gasteiger partial charge in [-0.05, 0) is 0 Å². The van der Waals surface area contributed by atoms with Gasteiger partial charge in [0.1, 0.15) is 6.04 Å². The smallest absolute Gasteiger partial charge is 0.321 e. The molecule has 14 heavy (non-hydrogen) atoms. The van der Waals surface area contributed by atoms with Gasteiger partial charge >= 0.3 is 5.97 Å². The van der Waals surface area contributed by atoms with Crippen LogP contribution in [0.25, 0.3) is 0 Å². The monoisotopic (exact) mass is 219 g/mol. The SMILES string of the molecule is C=CC[SH](=O)(CC=C)CC(N)C(=O)O. The lowest BCUT2D eigenvalue weighted by Gasteiger charge is -2.22. The fourth-order valence-corrected chi connectivity index (χ4v) is 3.39. The third-order valence-corrected chi connectivity index (χ3v) is 4.68. The van der Waals surface area contributed by atoms with Gasteiger partial charge in [-0.25, -0.2) is 0 Å². The van der Waals surface area contributed by atoms with Gasteiger partial charge in [-0.2, -0.15) is 0 Å². The van der Waals surface area contributed by atoms with E-state index in [0.717, 1.165) is 0 Å². The maximum Gasteiger partial charge on any atom is 0.321 e. The van der Waals surface area contributed by atoms with Crippen molar-refractivity contribution in [1.82, 2.24) is 0 Å². The number of carboxylic acids is 1. The zero-order chi connectivity index (χ0) is 11.2. The van der Waals surface area contributed by atoms with Crippen LogP contribution in [0.2, 0.25) is 0 Å². The minimum absolute atomic E-state index is 0.000370. The van der Waals surface area contributed by atoms with Crippen LogP contribution in [-0.2, 0) is 14.7 Å². The summed E-state index contributed by atoms with van der Waals surface area (Å²) in [6.07, 6.45) is 3.05. The number of carbonyl (C=O) groups is 1. The molecule has 1 atom stereocenters. The molecule has 4 nitrogen and oxygen atoms in total. The molecule has 1 unspecified atom stereocenters. The van der Waals surface area contributed by atoms with Gasteiger partial charge in [0.25, 0.3) is 0 Å². The highest BCUT2D eigenvalue weighted by Gasteiger charge is 2.21. The Morgan fingerprint density at radius 3 is 2.14 bits per heavy atom. The summed E-state index contributed by atoms with van der Waals surface area (Å²) in [5.74, 6) is -0.515. The van der Waals surface area contributed by atoms with Crippen LogP contribution < -0.4 is 5.73 Å². The van der Waals surface area contributed by atoms with E-state index in [1.165, 1.54) is 12.2 Å². The largest absolute Gasteiger partial charge is 0.480 e. The summed E-state index contributed by atoms with van der Waals surface area (Å²) in [7, 11) is -2.57. The molecule has 5 heteroatoms. The molecular weight excluding hydrogens is 202 g/mol. The second-order valence-electron chi connectivity index (χ2n) is 3.13. The Hall–Kier alpha value is -0.940. The Labute approximate surface area is 84.9 Å². The van der Waals surface area contributed by atoms with Gasteiger partial charge in [-0.3, -0.25) is 9.00 Å². The lowest BCUT2D eigenvalue weighted by atomic mass is 10.4. The van der Waals surface area contributed by atoms with Crippen LogP contribution in [0, 0.1) is 0 Å². The van der Waals surface area contributed by atoms with Crippen LogP contribution in [0.3, 0.4) is 0 Å². The van der Waals surface area contributed by atoms with Gasteiger partial charge in [-0.1, -0.05) is 22.1 Å². The van der Waals surface area contributed by atoms with Crippen LogP contribution in [0.1, 0.15) is 0 Å². The topological polar surface area (TPSA) is 80.4 Å². The molecule has 0 saturated heterocycles. The minimum Gasteiger partial charge on any atom is -0.480 e. The predicted molar refractivity (Wildman–Crippen MR) is 60.1 cm³/mol. The standard InChI is InChI=1S/C9H17NO3S/c1-3-5-14(13,6-4-2)7-8(10)9(11)12/h3-4,8,14H,1-2,5-7,10H2,(H,11,12). The maximum absolute atomic E-state index is 12.0. The van der Waals surface area contributed by atoms with E-state index in [9.17, 15) is 9.00 Å². The lowest BCUT2D eigenvalue weighted by Crippen LogP contribution is -2.41. The van der Waals surface area contributed by atoms with Gasteiger partial charge in [0.15, 0.2) is 0 Å². The average molecular weight is 219 g/mol. The molecule has 0 aromatic heterocycles. The first-order valence-electron chi connectivity index (χ1n) is 4.22. The van der Waals surface area contributed by atoms with E-state index < -0.39 is 21.9 Å². The summed E-state index contributed by atoms with van der Waals surface area (Å²) in [4.78, 5) is 10.5. The van der Waals surface area contributed by atoms with Crippen molar-refractivity contribution in [3.8, 4) is 0 Å². The van der Waals surface area contributed by atoms with Crippen molar-refractivity contribution in [2.45, 2.75) is 6.04 Å². The number of rotatable bonds is 7.